The predicted octanol–water partition coefficient (Wildman–Crippen LogP) is 3.13. The summed E-state index contributed by atoms with van der Waals surface area (Å²) in [5.41, 5.74) is 4.45. The Bertz CT molecular complexity index is 1130. The van der Waals surface area contributed by atoms with E-state index in [1.807, 2.05) is 23.1 Å². The van der Waals surface area contributed by atoms with Crippen LogP contribution in [0.2, 0.25) is 0 Å². The van der Waals surface area contributed by atoms with Crippen molar-refractivity contribution >= 4 is 16.8 Å². The van der Waals surface area contributed by atoms with Crippen molar-refractivity contribution in [1.82, 2.24) is 25.0 Å². The molecule has 4 aromatic rings. The maximum absolute atomic E-state index is 12.7. The molecule has 0 bridgehead atoms. The lowest BCUT2D eigenvalue weighted by molar-refractivity contribution is -0.132. The zero-order valence-corrected chi connectivity index (χ0v) is 15.3. The second kappa shape index (κ2) is 6.92. The van der Waals surface area contributed by atoms with Gasteiger partial charge in [0.1, 0.15) is 0 Å². The number of aromatic nitrogens is 4. The third-order valence-electron chi connectivity index (χ3n) is 5.19. The zero-order chi connectivity index (χ0) is 18.9. The van der Waals surface area contributed by atoms with E-state index in [4.69, 9.17) is 4.52 Å². The number of nitrogens with zero attached hydrogens (tertiary/aromatic N) is 4. The molecule has 0 unspecified atom stereocenters. The Labute approximate surface area is 161 Å². The molecule has 0 saturated carbocycles. The summed E-state index contributed by atoms with van der Waals surface area (Å²) in [4.78, 5) is 26.4. The third kappa shape index (κ3) is 3.05. The van der Waals surface area contributed by atoms with Gasteiger partial charge in [-0.25, -0.2) is 0 Å². The minimum atomic E-state index is 0.105. The van der Waals surface area contributed by atoms with Crippen LogP contribution < -0.4 is 0 Å². The van der Waals surface area contributed by atoms with Crippen molar-refractivity contribution in [1.29, 1.82) is 0 Å². The normalized spacial score (nSPS) is 13.6. The molecule has 4 heterocycles. The first-order valence-electron chi connectivity index (χ1n) is 9.37. The number of benzene rings is 1. The largest absolute Gasteiger partial charge is 0.357 e. The summed E-state index contributed by atoms with van der Waals surface area (Å²) in [6.45, 7) is 1.36. The number of H-pyrrole nitrogens is 1. The van der Waals surface area contributed by atoms with Gasteiger partial charge in [-0.05, 0) is 30.2 Å². The van der Waals surface area contributed by atoms with E-state index < -0.39 is 0 Å². The van der Waals surface area contributed by atoms with Gasteiger partial charge in [-0.1, -0.05) is 23.4 Å². The van der Waals surface area contributed by atoms with Crippen molar-refractivity contribution in [2.24, 2.45) is 0 Å². The topological polar surface area (TPSA) is 87.9 Å². The van der Waals surface area contributed by atoms with Crippen LogP contribution in [-0.4, -0.2) is 37.5 Å². The van der Waals surface area contributed by atoms with Gasteiger partial charge in [-0.2, -0.15) is 4.98 Å². The van der Waals surface area contributed by atoms with E-state index in [0.29, 0.717) is 31.1 Å². The summed E-state index contributed by atoms with van der Waals surface area (Å²) in [5.74, 6) is 1.10. The van der Waals surface area contributed by atoms with Crippen molar-refractivity contribution in [3.63, 3.8) is 0 Å². The van der Waals surface area contributed by atoms with Crippen LogP contribution in [0.25, 0.3) is 22.3 Å². The van der Waals surface area contributed by atoms with Gasteiger partial charge in [-0.15, -0.1) is 0 Å². The minimum Gasteiger partial charge on any atom is -0.357 e. The number of carbonyl (C=O) groups is 1. The first kappa shape index (κ1) is 16.7. The number of para-hydroxylation sites is 1. The smallest absolute Gasteiger partial charge is 0.227 e. The molecule has 1 aliphatic rings. The molecule has 0 saturated heterocycles. The van der Waals surface area contributed by atoms with Crippen LogP contribution in [0.15, 0.2) is 53.3 Å². The first-order valence-corrected chi connectivity index (χ1v) is 9.37. The van der Waals surface area contributed by atoms with Crippen LogP contribution in [0.5, 0.6) is 0 Å². The predicted molar refractivity (Wildman–Crippen MR) is 103 cm³/mol. The molecule has 0 spiro atoms. The summed E-state index contributed by atoms with van der Waals surface area (Å²) in [5, 5.41) is 5.25. The van der Waals surface area contributed by atoms with Crippen LogP contribution in [0, 0.1) is 0 Å². The Hall–Kier alpha value is -3.48. The van der Waals surface area contributed by atoms with Crippen LogP contribution in [0.3, 0.4) is 0 Å². The number of nitrogens with one attached hydrogen (secondary N) is 1. The average molecular weight is 373 g/mol. The highest BCUT2D eigenvalue weighted by atomic mass is 16.5. The molecule has 1 aliphatic heterocycles. The van der Waals surface area contributed by atoms with Gasteiger partial charge in [-0.3, -0.25) is 9.78 Å². The molecule has 3 aromatic heterocycles. The van der Waals surface area contributed by atoms with Gasteiger partial charge in [0, 0.05) is 53.9 Å². The van der Waals surface area contributed by atoms with E-state index >= 15 is 0 Å². The Kier molecular flexibility index (Phi) is 4.12. The fourth-order valence-corrected chi connectivity index (χ4v) is 3.75. The summed E-state index contributed by atoms with van der Waals surface area (Å²) in [7, 11) is 0. The SMILES string of the molecule is O=C(CCc1nc(-c2ccncc2)no1)N1CCc2c([nH]c3ccccc23)C1. The number of fused-ring (bicyclic) bond motifs is 3. The Morgan fingerprint density at radius 3 is 2.93 bits per heavy atom. The van der Waals surface area contributed by atoms with Crippen molar-refractivity contribution in [2.45, 2.75) is 25.8 Å². The van der Waals surface area contributed by atoms with Gasteiger partial charge in [0.2, 0.25) is 17.6 Å². The van der Waals surface area contributed by atoms with Gasteiger partial charge >= 0.3 is 0 Å². The zero-order valence-electron chi connectivity index (χ0n) is 15.3. The highest BCUT2D eigenvalue weighted by Gasteiger charge is 2.24. The number of aromatic amines is 1. The highest BCUT2D eigenvalue weighted by Crippen LogP contribution is 2.27. The second-order valence-corrected chi connectivity index (χ2v) is 6.94. The van der Waals surface area contributed by atoms with Crippen LogP contribution in [0.1, 0.15) is 23.6 Å². The molecule has 5 rings (SSSR count). The Morgan fingerprint density at radius 2 is 2.04 bits per heavy atom. The van der Waals surface area contributed by atoms with Gasteiger partial charge in [0.05, 0.1) is 6.54 Å². The van der Waals surface area contributed by atoms with Crippen molar-refractivity contribution in [3.05, 3.63) is 65.9 Å². The van der Waals surface area contributed by atoms with Gasteiger partial charge < -0.3 is 14.4 Å². The van der Waals surface area contributed by atoms with Crippen LogP contribution >= 0.6 is 0 Å². The number of hydrogen-bond acceptors (Lipinski definition) is 5. The minimum absolute atomic E-state index is 0.105. The molecule has 0 fully saturated rings. The monoisotopic (exact) mass is 373 g/mol. The molecule has 0 atom stereocenters. The molecule has 7 heteroatoms. The number of hydrogen-bond donors (Lipinski definition) is 1. The molecule has 1 aromatic carbocycles. The third-order valence-corrected chi connectivity index (χ3v) is 5.19. The first-order chi connectivity index (χ1) is 13.8. The summed E-state index contributed by atoms with van der Waals surface area (Å²) in [6, 6.07) is 11.9. The number of amides is 1. The molecule has 1 N–H and O–H groups in total. The molecule has 0 aliphatic carbocycles. The Balaban J connectivity index is 1.24. The lowest BCUT2D eigenvalue weighted by atomic mass is 10.0. The molecule has 28 heavy (non-hydrogen) atoms. The molecular formula is C21H19N5O2. The summed E-state index contributed by atoms with van der Waals surface area (Å²) in [6.07, 6.45) is 5.03. The fourth-order valence-electron chi connectivity index (χ4n) is 3.75. The van der Waals surface area contributed by atoms with E-state index in [-0.39, 0.29) is 5.91 Å². The van der Waals surface area contributed by atoms with E-state index in [1.165, 1.54) is 10.9 Å². The van der Waals surface area contributed by atoms with Crippen molar-refractivity contribution in [3.8, 4) is 11.4 Å². The molecular weight excluding hydrogens is 354 g/mol. The quantitative estimate of drug-likeness (QED) is 0.594. The second-order valence-electron chi connectivity index (χ2n) is 6.94. The standard InChI is InChI=1S/C21H19N5O2/c27-20(6-5-19-24-21(25-28-19)14-7-10-22-11-8-14)26-12-9-16-15-3-1-2-4-17(15)23-18(16)13-26/h1-4,7-8,10-11,23H,5-6,9,12-13H2. The number of carbonyl (C=O) groups excluding carboxylic acids is 1. The molecule has 140 valence electrons. The fraction of sp³-hybridized carbons (Fsp3) is 0.238. The summed E-state index contributed by atoms with van der Waals surface area (Å²) >= 11 is 0. The van der Waals surface area contributed by atoms with E-state index in [1.54, 1.807) is 12.4 Å². The lowest BCUT2D eigenvalue weighted by Crippen LogP contribution is -2.36. The highest BCUT2D eigenvalue weighted by molar-refractivity contribution is 5.85. The van der Waals surface area contributed by atoms with Gasteiger partial charge in [0.15, 0.2) is 0 Å². The number of pyridine rings is 1. The summed E-state index contributed by atoms with van der Waals surface area (Å²) < 4.78 is 5.29. The van der Waals surface area contributed by atoms with Crippen molar-refractivity contribution in [2.75, 3.05) is 6.54 Å². The average Bonchev–Trinajstić information content (AvgIpc) is 3.36. The van der Waals surface area contributed by atoms with Gasteiger partial charge in [0.25, 0.3) is 0 Å². The van der Waals surface area contributed by atoms with Crippen LogP contribution in [-0.2, 0) is 24.2 Å². The number of aryl methyl sites for hydroxylation is 1. The van der Waals surface area contributed by atoms with Crippen LogP contribution in [0.4, 0.5) is 0 Å². The maximum atomic E-state index is 12.7. The van der Waals surface area contributed by atoms with Crippen molar-refractivity contribution < 1.29 is 9.32 Å². The Morgan fingerprint density at radius 1 is 1.18 bits per heavy atom. The number of rotatable bonds is 4. The maximum Gasteiger partial charge on any atom is 0.227 e. The van der Waals surface area contributed by atoms with E-state index in [2.05, 4.69) is 38.3 Å². The molecule has 7 nitrogen and oxygen atoms in total. The van der Waals surface area contributed by atoms with E-state index in [0.717, 1.165) is 29.7 Å². The molecule has 1 amide bonds. The van der Waals surface area contributed by atoms with E-state index in [9.17, 15) is 4.79 Å². The lowest BCUT2D eigenvalue weighted by Gasteiger charge is -2.27. The molecule has 0 radical (unpaired) electrons.